The summed E-state index contributed by atoms with van der Waals surface area (Å²) < 4.78 is 8.89. The Morgan fingerprint density at radius 2 is 2.00 bits per heavy atom. The van der Waals surface area contributed by atoms with E-state index in [9.17, 15) is 9.59 Å². The highest BCUT2D eigenvalue weighted by atomic mass is 16.5. The maximum absolute atomic E-state index is 12.4. The van der Waals surface area contributed by atoms with Gasteiger partial charge in [-0.25, -0.2) is 9.97 Å². The number of rotatable bonds is 6. The minimum Gasteiger partial charge on any atom is -0.456 e. The van der Waals surface area contributed by atoms with Gasteiger partial charge in [0.05, 0.1) is 24.4 Å². The normalized spacial score (nSPS) is 10.6. The van der Waals surface area contributed by atoms with Crippen molar-refractivity contribution in [1.29, 1.82) is 0 Å². The molecule has 10 heteroatoms. The Labute approximate surface area is 177 Å². The summed E-state index contributed by atoms with van der Waals surface area (Å²) in [6.45, 7) is 2.22. The summed E-state index contributed by atoms with van der Waals surface area (Å²) in [5.74, 6) is 0.783. The molecule has 1 N–H and O–H groups in total. The van der Waals surface area contributed by atoms with E-state index >= 15 is 0 Å². The van der Waals surface area contributed by atoms with Gasteiger partial charge in [0.1, 0.15) is 22.9 Å². The number of hydrogen-bond donors (Lipinski definition) is 1. The molecule has 156 valence electrons. The molecule has 0 fully saturated rings. The van der Waals surface area contributed by atoms with Crippen LogP contribution in [0.1, 0.15) is 17.3 Å². The number of hydrogen-bond acceptors (Lipinski definition) is 7. The zero-order valence-corrected chi connectivity index (χ0v) is 16.9. The molecular formula is C21H19N7O3. The van der Waals surface area contributed by atoms with E-state index in [-0.39, 0.29) is 11.4 Å². The summed E-state index contributed by atoms with van der Waals surface area (Å²) in [5.41, 5.74) is 1.15. The lowest BCUT2D eigenvalue weighted by Gasteiger charge is -2.08. The summed E-state index contributed by atoms with van der Waals surface area (Å²) in [6.07, 6.45) is 9.35. The molecule has 0 aliphatic rings. The van der Waals surface area contributed by atoms with E-state index in [1.807, 2.05) is 13.2 Å². The fourth-order valence-electron chi connectivity index (χ4n) is 2.85. The predicted molar refractivity (Wildman–Crippen MR) is 113 cm³/mol. The van der Waals surface area contributed by atoms with Gasteiger partial charge in [0.25, 0.3) is 11.5 Å². The molecule has 0 bridgehead atoms. The molecule has 0 spiro atoms. The van der Waals surface area contributed by atoms with Gasteiger partial charge in [-0.1, -0.05) is 0 Å². The molecule has 4 aromatic heterocycles. The Morgan fingerprint density at radius 1 is 1.13 bits per heavy atom. The maximum Gasteiger partial charge on any atom is 0.266 e. The fraction of sp³-hybridized carbons (Fsp3) is 0.143. The van der Waals surface area contributed by atoms with E-state index in [1.165, 1.54) is 23.3 Å². The smallest absolute Gasteiger partial charge is 0.266 e. The molecule has 0 atom stereocenters. The molecule has 0 saturated carbocycles. The summed E-state index contributed by atoms with van der Waals surface area (Å²) in [4.78, 5) is 37.1. The number of pyridine rings is 2. The van der Waals surface area contributed by atoms with Crippen molar-refractivity contribution in [2.45, 2.75) is 13.5 Å². The van der Waals surface area contributed by atoms with Crippen LogP contribution in [0.25, 0.3) is 11.3 Å². The van der Waals surface area contributed by atoms with E-state index < -0.39 is 11.5 Å². The van der Waals surface area contributed by atoms with E-state index in [0.29, 0.717) is 18.0 Å². The first-order chi connectivity index (χ1) is 15.0. The molecule has 4 heterocycles. The maximum atomic E-state index is 12.4. The molecule has 4 aromatic rings. The predicted octanol–water partition coefficient (Wildman–Crippen LogP) is 2.50. The van der Waals surface area contributed by atoms with Crippen LogP contribution in [0.5, 0.6) is 11.5 Å². The molecule has 0 unspecified atom stereocenters. The number of aryl methyl sites for hydroxylation is 2. The van der Waals surface area contributed by atoms with Crippen LogP contribution in [0, 0.1) is 0 Å². The quantitative estimate of drug-likeness (QED) is 0.512. The largest absolute Gasteiger partial charge is 0.456 e. The van der Waals surface area contributed by atoms with Crippen molar-refractivity contribution in [2.75, 3.05) is 5.32 Å². The fourth-order valence-corrected chi connectivity index (χ4v) is 2.85. The van der Waals surface area contributed by atoms with Gasteiger partial charge >= 0.3 is 0 Å². The molecule has 0 aliphatic heterocycles. The second-order valence-corrected chi connectivity index (χ2v) is 6.61. The zero-order chi connectivity index (χ0) is 21.8. The van der Waals surface area contributed by atoms with Crippen molar-refractivity contribution in [2.24, 2.45) is 7.05 Å². The summed E-state index contributed by atoms with van der Waals surface area (Å²) in [7, 11) is 1.84. The van der Waals surface area contributed by atoms with Crippen LogP contribution in [0.4, 0.5) is 5.82 Å². The van der Waals surface area contributed by atoms with Crippen LogP contribution in [-0.4, -0.2) is 35.2 Å². The van der Waals surface area contributed by atoms with Gasteiger partial charge < -0.3 is 10.1 Å². The van der Waals surface area contributed by atoms with Crippen molar-refractivity contribution in [1.82, 2.24) is 29.3 Å². The van der Waals surface area contributed by atoms with Crippen molar-refractivity contribution in [3.05, 3.63) is 77.5 Å². The average molecular weight is 417 g/mol. The van der Waals surface area contributed by atoms with Gasteiger partial charge in [0, 0.05) is 43.8 Å². The number of amides is 1. The number of carbonyl (C=O) groups is 1. The van der Waals surface area contributed by atoms with Gasteiger partial charge in [-0.15, -0.1) is 0 Å². The zero-order valence-electron chi connectivity index (χ0n) is 16.9. The lowest BCUT2D eigenvalue weighted by Crippen LogP contribution is -2.29. The highest BCUT2D eigenvalue weighted by Gasteiger charge is 2.13. The van der Waals surface area contributed by atoms with E-state index in [0.717, 1.165) is 11.3 Å². The summed E-state index contributed by atoms with van der Waals surface area (Å²) in [5, 5.41) is 6.74. The molecule has 0 aromatic carbocycles. The molecule has 1 amide bonds. The number of nitrogens with one attached hydrogen (secondary N) is 1. The summed E-state index contributed by atoms with van der Waals surface area (Å²) in [6, 6.07) is 6.79. The Hall–Kier alpha value is -4.34. The average Bonchev–Trinajstić information content (AvgIpc) is 3.22. The molecular weight excluding hydrogens is 398 g/mol. The van der Waals surface area contributed by atoms with Crippen molar-refractivity contribution in [3.8, 4) is 22.8 Å². The lowest BCUT2D eigenvalue weighted by molar-refractivity contribution is 0.102. The van der Waals surface area contributed by atoms with E-state index in [2.05, 4.69) is 25.4 Å². The molecule has 0 radical (unpaired) electrons. The first-order valence-corrected chi connectivity index (χ1v) is 9.48. The third kappa shape index (κ3) is 4.47. The number of aromatic nitrogens is 6. The number of ether oxygens (including phenoxy) is 1. The summed E-state index contributed by atoms with van der Waals surface area (Å²) >= 11 is 0. The topological polar surface area (TPSA) is 117 Å². The van der Waals surface area contributed by atoms with Crippen LogP contribution in [0.15, 0.2) is 66.4 Å². The Balaban J connectivity index is 1.45. The minimum atomic E-state index is -0.572. The lowest BCUT2D eigenvalue weighted by atomic mass is 10.2. The van der Waals surface area contributed by atoms with Crippen molar-refractivity contribution in [3.63, 3.8) is 0 Å². The van der Waals surface area contributed by atoms with Gasteiger partial charge in [-0.3, -0.25) is 23.8 Å². The Kier molecular flexibility index (Phi) is 5.52. The van der Waals surface area contributed by atoms with Crippen molar-refractivity contribution >= 4 is 11.7 Å². The Morgan fingerprint density at radius 3 is 2.71 bits per heavy atom. The van der Waals surface area contributed by atoms with Gasteiger partial charge in [0.2, 0.25) is 0 Å². The molecule has 0 saturated heterocycles. The van der Waals surface area contributed by atoms with E-state index in [1.54, 1.807) is 48.3 Å². The Bertz CT molecular complexity index is 1280. The second kappa shape index (κ2) is 8.57. The van der Waals surface area contributed by atoms with Gasteiger partial charge in [0.15, 0.2) is 0 Å². The van der Waals surface area contributed by atoms with Crippen LogP contribution >= 0.6 is 0 Å². The van der Waals surface area contributed by atoms with Crippen LogP contribution in [0.2, 0.25) is 0 Å². The van der Waals surface area contributed by atoms with Crippen LogP contribution < -0.4 is 15.6 Å². The van der Waals surface area contributed by atoms with Gasteiger partial charge in [-0.05, 0) is 25.1 Å². The van der Waals surface area contributed by atoms with Crippen molar-refractivity contribution < 1.29 is 9.53 Å². The second-order valence-electron chi connectivity index (χ2n) is 6.61. The number of nitrogens with zero attached hydrogens (tertiary/aromatic N) is 6. The molecule has 31 heavy (non-hydrogen) atoms. The third-order valence-electron chi connectivity index (χ3n) is 4.43. The first-order valence-electron chi connectivity index (χ1n) is 9.48. The number of anilines is 1. The number of carbonyl (C=O) groups excluding carboxylic acids is 1. The standard InChI is InChI=1S/C21H19N7O3/c1-3-28-13-22-11-17(21(28)30)20(29)26-19-5-4-16(10-24-19)31-15-6-7-23-18(8-15)14-9-25-27(2)12-14/h4-13H,3H2,1-2H3,(H,24,26,29). The highest BCUT2D eigenvalue weighted by molar-refractivity contribution is 6.03. The monoisotopic (exact) mass is 417 g/mol. The third-order valence-corrected chi connectivity index (χ3v) is 4.43. The molecule has 4 rings (SSSR count). The molecule has 0 aliphatic carbocycles. The minimum absolute atomic E-state index is 0.0498. The molecule has 10 nitrogen and oxygen atoms in total. The van der Waals surface area contributed by atoms with Crippen LogP contribution in [-0.2, 0) is 13.6 Å². The van der Waals surface area contributed by atoms with Crippen LogP contribution in [0.3, 0.4) is 0 Å². The SMILES string of the molecule is CCn1cncc(C(=O)Nc2ccc(Oc3ccnc(-c4cnn(C)c4)c3)cn2)c1=O. The van der Waals surface area contributed by atoms with E-state index in [4.69, 9.17) is 4.74 Å². The first kappa shape index (κ1) is 20.0. The van der Waals surface area contributed by atoms with Gasteiger partial charge in [-0.2, -0.15) is 5.10 Å². The highest BCUT2D eigenvalue weighted by Crippen LogP contribution is 2.25.